The van der Waals surface area contributed by atoms with Crippen LogP contribution in [0.5, 0.6) is 5.75 Å². The van der Waals surface area contributed by atoms with Crippen LogP contribution in [0.3, 0.4) is 0 Å². The first-order valence-corrected chi connectivity index (χ1v) is 10.5. The number of fused-ring (bicyclic) bond motifs is 1. The van der Waals surface area contributed by atoms with Crippen LogP contribution in [0, 0.1) is 0 Å². The van der Waals surface area contributed by atoms with Gasteiger partial charge >= 0.3 is 12.9 Å². The Kier molecular flexibility index (Phi) is 7.26. The van der Waals surface area contributed by atoms with Crippen LogP contribution >= 0.6 is 18.2 Å². The number of unbranched alkanes of at least 4 members (excludes halogenated alkanes) is 1. The monoisotopic (exact) mass is 385 g/mol. The average molecular weight is 386 g/mol. The predicted molar refractivity (Wildman–Crippen MR) is 97.6 cm³/mol. The van der Waals surface area contributed by atoms with Crippen LogP contribution in [0.1, 0.15) is 26.7 Å². The highest BCUT2D eigenvalue weighted by atomic mass is 35.7. The summed E-state index contributed by atoms with van der Waals surface area (Å²) >= 11 is 5.82. The van der Waals surface area contributed by atoms with Gasteiger partial charge in [-0.1, -0.05) is 49.7 Å². The lowest BCUT2D eigenvalue weighted by molar-refractivity contribution is -0.140. The van der Waals surface area contributed by atoms with Crippen molar-refractivity contribution in [2.45, 2.75) is 32.7 Å². The second kappa shape index (κ2) is 9.20. The average Bonchev–Trinajstić information content (AvgIpc) is 2.58. The Morgan fingerprint density at radius 1 is 1.24 bits per heavy atom. The normalized spacial score (nSPS) is 14.7. The Morgan fingerprint density at radius 3 is 2.72 bits per heavy atom. The van der Waals surface area contributed by atoms with Gasteiger partial charge in [0, 0.05) is 16.6 Å². The van der Waals surface area contributed by atoms with Crippen molar-refractivity contribution in [2.24, 2.45) is 0 Å². The van der Waals surface area contributed by atoms with Crippen LogP contribution in [0.2, 0.25) is 0 Å². The van der Waals surface area contributed by atoms with Crippen LogP contribution < -0.4 is 10.0 Å². The van der Waals surface area contributed by atoms with E-state index in [9.17, 15) is 9.36 Å². The van der Waals surface area contributed by atoms with E-state index in [4.69, 9.17) is 25.1 Å². The highest BCUT2D eigenvalue weighted by Gasteiger charge is 2.31. The summed E-state index contributed by atoms with van der Waals surface area (Å²) in [6.45, 7) is -0.149. The molecule has 136 valence electrons. The van der Waals surface area contributed by atoms with Crippen LogP contribution in [-0.4, -0.2) is 18.6 Å². The Hall–Kier alpha value is -1.59. The number of hydrogen-bond donors (Lipinski definition) is 1. The quantitative estimate of drug-likeness (QED) is 0.379. The van der Waals surface area contributed by atoms with Crippen LogP contribution in [0.4, 0.5) is 0 Å². The molecule has 2 aromatic rings. The van der Waals surface area contributed by atoms with E-state index < -0.39 is 19.0 Å². The van der Waals surface area contributed by atoms with Crippen molar-refractivity contribution in [3.05, 3.63) is 42.5 Å². The first-order chi connectivity index (χ1) is 11.9. The summed E-state index contributed by atoms with van der Waals surface area (Å²) in [4.78, 5) is 17.1. The Labute approximate surface area is 151 Å². The number of hydrogen-bond acceptors (Lipinski definition) is 6. The lowest BCUT2D eigenvalue weighted by Crippen LogP contribution is -2.35. The molecule has 0 fully saturated rings. The van der Waals surface area contributed by atoms with Gasteiger partial charge in [-0.05, 0) is 24.8 Å². The third-order valence-corrected chi connectivity index (χ3v) is 4.60. The molecule has 0 aliphatic rings. The molecule has 25 heavy (non-hydrogen) atoms. The van der Waals surface area contributed by atoms with E-state index in [1.54, 1.807) is 18.2 Å². The minimum absolute atomic E-state index is 0.282. The molecule has 0 aliphatic carbocycles. The second-order valence-corrected chi connectivity index (χ2v) is 7.92. The van der Waals surface area contributed by atoms with Gasteiger partial charge in [0.05, 0.1) is 6.61 Å². The Morgan fingerprint density at radius 2 is 1.96 bits per heavy atom. The van der Waals surface area contributed by atoms with Gasteiger partial charge in [-0.15, -0.1) is 0 Å². The number of rotatable bonds is 9. The molecule has 1 unspecified atom stereocenters. The van der Waals surface area contributed by atoms with Crippen molar-refractivity contribution < 1.29 is 23.2 Å². The van der Waals surface area contributed by atoms with E-state index in [2.05, 4.69) is 5.48 Å². The highest BCUT2D eigenvalue weighted by Crippen LogP contribution is 2.54. The molecular weight excluding hydrogens is 365 g/mol. The smallest absolute Gasteiger partial charge is 0.404 e. The largest absolute Gasteiger partial charge is 0.532 e. The number of carbonyl (C=O) groups is 1. The zero-order valence-corrected chi connectivity index (χ0v) is 15.8. The van der Waals surface area contributed by atoms with Gasteiger partial charge in [-0.2, -0.15) is 5.48 Å². The maximum atomic E-state index is 12.3. The molecule has 0 saturated heterocycles. The Balaban J connectivity index is 1.98. The maximum absolute atomic E-state index is 12.3. The minimum atomic E-state index is -4.15. The summed E-state index contributed by atoms with van der Waals surface area (Å²) < 4.78 is 22.5. The summed E-state index contributed by atoms with van der Waals surface area (Å²) in [6, 6.07) is 11.8. The molecule has 1 N–H and O–H groups in total. The first-order valence-electron chi connectivity index (χ1n) is 8.01. The van der Waals surface area contributed by atoms with Crippen molar-refractivity contribution >= 4 is 34.9 Å². The molecule has 2 rings (SSSR count). The van der Waals surface area contributed by atoms with E-state index in [1.807, 2.05) is 31.2 Å². The van der Waals surface area contributed by atoms with E-state index in [1.165, 1.54) is 6.92 Å². The van der Waals surface area contributed by atoms with Crippen LogP contribution in [0.15, 0.2) is 42.5 Å². The number of benzene rings is 2. The number of carbonyl (C=O) groups excluding carboxylic acids is 1. The minimum Gasteiger partial charge on any atom is -0.404 e. The van der Waals surface area contributed by atoms with Gasteiger partial charge in [-0.3, -0.25) is 0 Å². The van der Waals surface area contributed by atoms with Crippen molar-refractivity contribution in [3.63, 3.8) is 0 Å². The van der Waals surface area contributed by atoms with Crippen LogP contribution in [0.25, 0.3) is 10.8 Å². The summed E-state index contributed by atoms with van der Waals surface area (Å²) in [6.07, 6.45) is 1.82. The molecule has 0 heterocycles. The van der Waals surface area contributed by atoms with E-state index in [-0.39, 0.29) is 5.75 Å². The molecule has 0 saturated carbocycles. The first kappa shape index (κ1) is 19.7. The van der Waals surface area contributed by atoms with E-state index in [0.717, 1.165) is 23.6 Å². The van der Waals surface area contributed by atoms with E-state index >= 15 is 0 Å². The molecule has 2 aromatic carbocycles. The second-order valence-electron chi connectivity index (χ2n) is 5.45. The third-order valence-electron chi connectivity index (χ3n) is 3.37. The highest BCUT2D eigenvalue weighted by molar-refractivity contribution is 7.82. The summed E-state index contributed by atoms with van der Waals surface area (Å²) in [5, 5.41) is 1.61. The molecule has 0 radical (unpaired) electrons. The van der Waals surface area contributed by atoms with Gasteiger partial charge < -0.3 is 13.9 Å². The molecule has 0 amide bonds. The molecule has 0 spiro atoms. The number of halogens is 1. The van der Waals surface area contributed by atoms with E-state index in [0.29, 0.717) is 6.61 Å². The topological polar surface area (TPSA) is 73.9 Å². The summed E-state index contributed by atoms with van der Waals surface area (Å²) in [5.74, 6) is -0.542. The van der Waals surface area contributed by atoms with Crippen LogP contribution in [-0.2, 0) is 18.7 Å². The van der Waals surface area contributed by atoms with Crippen molar-refractivity contribution in [1.29, 1.82) is 0 Å². The molecule has 6 nitrogen and oxygen atoms in total. The summed E-state index contributed by atoms with van der Waals surface area (Å²) in [7, 11) is 0. The molecule has 2 atom stereocenters. The zero-order chi connectivity index (χ0) is 18.3. The third kappa shape index (κ3) is 6.01. The summed E-state index contributed by atoms with van der Waals surface area (Å²) in [5.41, 5.74) is 2.52. The maximum Gasteiger partial charge on any atom is 0.532 e. The molecule has 0 aromatic heterocycles. The fourth-order valence-electron chi connectivity index (χ4n) is 2.05. The lowest BCUT2D eigenvalue weighted by Gasteiger charge is -2.17. The molecule has 0 bridgehead atoms. The van der Waals surface area contributed by atoms with Gasteiger partial charge in [-0.25, -0.2) is 9.36 Å². The molecular formula is C17H21ClNO5P. The van der Waals surface area contributed by atoms with Crippen molar-refractivity contribution in [3.8, 4) is 5.75 Å². The van der Waals surface area contributed by atoms with Crippen molar-refractivity contribution in [2.75, 3.05) is 6.61 Å². The predicted octanol–water partition coefficient (Wildman–Crippen LogP) is 4.82. The zero-order valence-electron chi connectivity index (χ0n) is 14.1. The standard InChI is InChI=1S/C17H21ClNO5P/c1-3-4-12-22-19-13(2)17(20)24-25(18,21)23-16-11-7-9-14-8-5-6-10-15(14)16/h5-11,13,19H,3-4,12H2,1-2H3/t13-,25?/m0/s1. The van der Waals surface area contributed by atoms with Gasteiger partial charge in [0.25, 0.3) is 0 Å². The fraction of sp³-hybridized carbons (Fsp3) is 0.353. The fourth-order valence-corrected chi connectivity index (χ4v) is 3.28. The van der Waals surface area contributed by atoms with Gasteiger partial charge in [0.2, 0.25) is 0 Å². The Bertz CT molecular complexity index is 764. The molecule has 0 aliphatic heterocycles. The number of nitrogens with one attached hydrogen (secondary N) is 1. The van der Waals surface area contributed by atoms with Crippen molar-refractivity contribution in [1.82, 2.24) is 5.48 Å². The van der Waals surface area contributed by atoms with Gasteiger partial charge in [0.15, 0.2) is 0 Å². The lowest BCUT2D eigenvalue weighted by atomic mass is 10.1. The number of hydroxylamine groups is 1. The SMILES string of the molecule is CCCCON[C@@H](C)C(=O)OP(=O)(Cl)Oc1cccc2ccccc12. The molecule has 8 heteroatoms. The van der Waals surface area contributed by atoms with Gasteiger partial charge in [0.1, 0.15) is 11.8 Å².